The Morgan fingerprint density at radius 1 is 1.10 bits per heavy atom. The van der Waals surface area contributed by atoms with Crippen molar-refractivity contribution in [3.8, 4) is 5.75 Å². The van der Waals surface area contributed by atoms with Crippen LogP contribution in [0.5, 0.6) is 5.75 Å². The minimum Gasteiger partial charge on any atom is -0.493 e. The van der Waals surface area contributed by atoms with E-state index >= 15 is 0 Å². The minimum absolute atomic E-state index is 0.159. The normalized spacial score (nSPS) is 23.0. The summed E-state index contributed by atoms with van der Waals surface area (Å²) in [6.07, 6.45) is 17.1. The van der Waals surface area contributed by atoms with E-state index in [1.165, 1.54) is 101 Å². The lowest BCUT2D eigenvalue weighted by atomic mass is 9.88. The second-order valence-corrected chi connectivity index (χ2v) is 12.9. The van der Waals surface area contributed by atoms with E-state index in [4.69, 9.17) is 10.5 Å². The van der Waals surface area contributed by atoms with Gasteiger partial charge in [0.05, 0.1) is 17.7 Å². The predicted molar refractivity (Wildman–Crippen MR) is 165 cm³/mol. The molecule has 3 N–H and O–H groups in total. The minimum atomic E-state index is -4.41. The van der Waals surface area contributed by atoms with Crippen molar-refractivity contribution < 1.29 is 27.8 Å². The van der Waals surface area contributed by atoms with Crippen LogP contribution in [-0.2, 0) is 11.0 Å². The molecule has 2 fully saturated rings. The average molecular weight is 611 g/mol. The van der Waals surface area contributed by atoms with Crippen LogP contribution in [-0.4, -0.2) is 46.8 Å². The molecule has 3 aliphatic rings. The number of hydrogen-bond acceptors (Lipinski definition) is 5. The van der Waals surface area contributed by atoms with Gasteiger partial charge in [-0.25, -0.2) is 4.79 Å². The number of unbranched alkanes of at least 4 members (excludes halogenated alkanes) is 7. The Morgan fingerprint density at radius 2 is 1.83 bits per heavy atom. The average Bonchev–Trinajstić information content (AvgIpc) is 3.59. The lowest BCUT2D eigenvalue weighted by molar-refractivity contribution is -0.137. The van der Waals surface area contributed by atoms with Crippen molar-refractivity contribution in [3.05, 3.63) is 53.8 Å². The number of nitrogens with zero attached hydrogens (tertiary/aromatic N) is 1. The number of alkyl halides is 3. The molecule has 4 rings (SSSR count). The quantitative estimate of drug-likeness (QED) is 0.183. The van der Waals surface area contributed by atoms with Crippen LogP contribution in [0.15, 0.2) is 48.2 Å². The summed E-state index contributed by atoms with van der Waals surface area (Å²) in [5.41, 5.74) is 4.97. The molecule has 2 bridgehead atoms. The molecule has 0 aromatic heterocycles. The Morgan fingerprint density at radius 3 is 2.45 bits per heavy atom. The van der Waals surface area contributed by atoms with E-state index in [1.807, 2.05) is 6.20 Å². The number of nitrogens with two attached hydrogens (primary N) is 1. The maximum Gasteiger partial charge on any atom is 0.416 e. The summed E-state index contributed by atoms with van der Waals surface area (Å²) in [7, 11) is 0. The maximum atomic E-state index is 12.9. The first-order valence-electron chi connectivity index (χ1n) is 15.7. The third kappa shape index (κ3) is 11.2. The summed E-state index contributed by atoms with van der Waals surface area (Å²) in [6.45, 7) is 4.17. The van der Waals surface area contributed by atoms with Crippen LogP contribution in [0, 0.1) is 17.8 Å². The first-order valence-corrected chi connectivity index (χ1v) is 16.8. The number of carbonyl (C=O) groups is 1. The molecule has 0 amide bonds. The highest BCUT2D eigenvalue weighted by molar-refractivity contribution is 8.00. The van der Waals surface area contributed by atoms with E-state index in [2.05, 4.69) is 11.8 Å². The number of fused-ring (bicyclic) bond motifs is 2. The lowest BCUT2D eigenvalue weighted by Gasteiger charge is -2.36. The van der Waals surface area contributed by atoms with Gasteiger partial charge in [0.15, 0.2) is 0 Å². The first-order chi connectivity index (χ1) is 20.2. The van der Waals surface area contributed by atoms with Gasteiger partial charge < -0.3 is 20.5 Å². The lowest BCUT2D eigenvalue weighted by Crippen LogP contribution is -2.39. The van der Waals surface area contributed by atoms with Crippen LogP contribution < -0.4 is 10.5 Å². The van der Waals surface area contributed by atoms with Crippen LogP contribution in [0.1, 0.15) is 89.5 Å². The molecule has 4 unspecified atom stereocenters. The summed E-state index contributed by atoms with van der Waals surface area (Å²) in [4.78, 5) is 13.9. The van der Waals surface area contributed by atoms with Crippen molar-refractivity contribution in [2.24, 2.45) is 23.5 Å². The van der Waals surface area contributed by atoms with Crippen molar-refractivity contribution in [2.45, 2.75) is 95.5 Å². The topological polar surface area (TPSA) is 75.8 Å². The Bertz CT molecular complexity index is 1010. The summed E-state index contributed by atoms with van der Waals surface area (Å²) in [6, 6.07) is 4.80. The van der Waals surface area contributed by atoms with Gasteiger partial charge in [0.1, 0.15) is 11.1 Å². The molecule has 1 aromatic carbocycles. The van der Waals surface area contributed by atoms with Gasteiger partial charge in [-0.1, -0.05) is 64.4 Å². The zero-order chi connectivity index (χ0) is 30.4. The van der Waals surface area contributed by atoms with Gasteiger partial charge >= 0.3 is 12.1 Å². The highest BCUT2D eigenvalue weighted by atomic mass is 32.2. The van der Waals surface area contributed by atoms with E-state index in [0.717, 1.165) is 37.1 Å². The number of ether oxygens (including phenoxy) is 1. The predicted octanol–water partition coefficient (Wildman–Crippen LogP) is 8.51. The second kappa shape index (κ2) is 17.9. The van der Waals surface area contributed by atoms with Gasteiger partial charge in [0.25, 0.3) is 0 Å². The molecular weight excluding hydrogens is 561 g/mol. The third-order valence-electron chi connectivity index (χ3n) is 8.54. The number of hydrogen-bond donors (Lipinski definition) is 2. The molecule has 4 atom stereocenters. The number of rotatable bonds is 16. The molecule has 0 spiro atoms. The van der Waals surface area contributed by atoms with Gasteiger partial charge in [0.2, 0.25) is 0 Å². The Hall–Kier alpha value is -2.13. The van der Waals surface area contributed by atoms with Gasteiger partial charge in [-0.05, 0) is 80.3 Å². The van der Waals surface area contributed by atoms with Crippen LogP contribution in [0.2, 0.25) is 0 Å². The van der Waals surface area contributed by atoms with Crippen molar-refractivity contribution in [1.82, 2.24) is 4.90 Å². The zero-order valence-electron chi connectivity index (χ0n) is 25.0. The molecule has 5 nitrogen and oxygen atoms in total. The molecule has 9 heteroatoms. The van der Waals surface area contributed by atoms with Crippen LogP contribution >= 0.6 is 11.8 Å². The van der Waals surface area contributed by atoms with E-state index < -0.39 is 17.7 Å². The number of thioether (sulfide) groups is 1. The largest absolute Gasteiger partial charge is 0.493 e. The summed E-state index contributed by atoms with van der Waals surface area (Å²) in [5, 5.41) is 9.33. The summed E-state index contributed by atoms with van der Waals surface area (Å²) in [5.74, 6) is 1.84. The molecule has 1 aliphatic heterocycles. The number of halogens is 3. The fourth-order valence-electron chi connectivity index (χ4n) is 6.35. The van der Waals surface area contributed by atoms with Crippen molar-refractivity contribution in [2.75, 3.05) is 25.4 Å². The molecule has 42 heavy (non-hydrogen) atoms. The Kier molecular flexibility index (Phi) is 14.6. The van der Waals surface area contributed by atoms with Crippen molar-refractivity contribution in [3.63, 3.8) is 0 Å². The maximum absolute atomic E-state index is 12.9. The zero-order valence-corrected chi connectivity index (χ0v) is 25.8. The van der Waals surface area contributed by atoms with Gasteiger partial charge in [-0.15, -0.1) is 11.8 Å². The highest BCUT2D eigenvalue weighted by Gasteiger charge is 2.41. The van der Waals surface area contributed by atoms with E-state index in [1.54, 1.807) is 12.2 Å². The summed E-state index contributed by atoms with van der Waals surface area (Å²) >= 11 is 1.45. The van der Waals surface area contributed by atoms with E-state index in [-0.39, 0.29) is 17.7 Å². The molecule has 1 heterocycles. The smallest absolute Gasteiger partial charge is 0.416 e. The van der Waals surface area contributed by atoms with Crippen LogP contribution in [0.4, 0.5) is 13.2 Å². The van der Waals surface area contributed by atoms with Gasteiger partial charge in [-0.2, -0.15) is 13.2 Å². The monoisotopic (exact) mass is 610 g/mol. The molecule has 0 saturated heterocycles. The number of carboxylic acids is 1. The number of benzene rings is 1. The number of aliphatic carboxylic acids is 1. The Labute approximate surface area is 254 Å². The highest BCUT2D eigenvalue weighted by Crippen LogP contribution is 2.49. The van der Waals surface area contributed by atoms with Gasteiger partial charge in [-0.3, -0.25) is 0 Å². The Balaban J connectivity index is 0.000000375. The fourth-order valence-corrected chi connectivity index (χ4v) is 7.46. The van der Waals surface area contributed by atoms with Crippen LogP contribution in [0.25, 0.3) is 0 Å². The summed E-state index contributed by atoms with van der Waals surface area (Å²) < 4.78 is 44.1. The SMILES string of the molecule is CCCCCCCCCCN.O=C(O)C1=CC=CN(CC2CC3CCC2C3)C1SCCOc1cccc(C(F)(F)F)c1. The number of allylic oxidation sites excluding steroid dienone is 2. The molecule has 2 aliphatic carbocycles. The van der Waals surface area contributed by atoms with E-state index in [9.17, 15) is 23.1 Å². The van der Waals surface area contributed by atoms with Crippen molar-refractivity contribution >= 4 is 17.7 Å². The van der Waals surface area contributed by atoms with Crippen LogP contribution in [0.3, 0.4) is 0 Å². The third-order valence-corrected chi connectivity index (χ3v) is 9.79. The number of carboxylic acid groups (broad SMARTS) is 1. The molecule has 236 valence electrons. The molecular formula is C33H49F3N2O3S. The van der Waals surface area contributed by atoms with E-state index in [0.29, 0.717) is 17.2 Å². The second-order valence-electron chi connectivity index (χ2n) is 11.8. The van der Waals surface area contributed by atoms with Gasteiger partial charge in [0, 0.05) is 18.5 Å². The molecule has 0 radical (unpaired) electrons. The standard InChI is InChI=1S/C23H26F3NO3S.C10H23N/c24-23(25,26)18-3-1-4-19(13-18)30-9-10-31-21-20(22(28)29)5-2-8-27(21)14-17-12-15-6-7-16(17)11-15;1-2-3-4-5-6-7-8-9-10-11/h1-5,8,13,15-17,21H,6-7,9-12,14H2,(H,28,29);2-11H2,1H3. The molecule has 1 aromatic rings. The molecule has 2 saturated carbocycles. The first kappa shape index (κ1) is 34.4. The van der Waals surface area contributed by atoms with Crippen molar-refractivity contribution in [1.29, 1.82) is 0 Å². The fraction of sp³-hybridized carbons (Fsp3) is 0.667.